The van der Waals surface area contributed by atoms with E-state index in [-0.39, 0.29) is 11.7 Å². The first-order chi connectivity index (χ1) is 13.6. The lowest BCUT2D eigenvalue weighted by molar-refractivity contribution is -0.107. The number of methoxy groups -OCH3 is 3. The number of benzene rings is 1. The van der Waals surface area contributed by atoms with Crippen LogP contribution in [0.5, 0.6) is 5.75 Å². The zero-order valence-electron chi connectivity index (χ0n) is 17.7. The SMILES string of the molecule is C=C1[C@H]2Cc3ccc(OC)cc3[C@]1(CCCC(OC)OC)CCN2CC1CC1. The van der Waals surface area contributed by atoms with Crippen LogP contribution in [0.2, 0.25) is 0 Å². The van der Waals surface area contributed by atoms with E-state index in [0.717, 1.165) is 43.8 Å². The summed E-state index contributed by atoms with van der Waals surface area (Å²) in [4.78, 5) is 2.72. The molecular weight excluding hydrogens is 350 g/mol. The Labute approximate surface area is 169 Å². The minimum atomic E-state index is -0.121. The van der Waals surface area contributed by atoms with Crippen LogP contribution in [-0.4, -0.2) is 51.7 Å². The molecule has 1 heterocycles. The molecule has 28 heavy (non-hydrogen) atoms. The number of hydrogen-bond donors (Lipinski definition) is 0. The maximum Gasteiger partial charge on any atom is 0.156 e. The number of piperidine rings is 1. The van der Waals surface area contributed by atoms with E-state index in [1.165, 1.54) is 42.6 Å². The molecule has 1 saturated heterocycles. The van der Waals surface area contributed by atoms with Crippen molar-refractivity contribution in [1.29, 1.82) is 0 Å². The van der Waals surface area contributed by atoms with Crippen LogP contribution in [0.15, 0.2) is 30.4 Å². The number of hydrogen-bond acceptors (Lipinski definition) is 4. The third kappa shape index (κ3) is 3.62. The molecule has 2 fully saturated rings. The summed E-state index contributed by atoms with van der Waals surface area (Å²) in [7, 11) is 5.20. The van der Waals surface area contributed by atoms with Crippen molar-refractivity contribution < 1.29 is 14.2 Å². The molecule has 0 radical (unpaired) electrons. The first-order valence-electron chi connectivity index (χ1n) is 10.8. The summed E-state index contributed by atoms with van der Waals surface area (Å²) in [6.07, 6.45) is 8.01. The summed E-state index contributed by atoms with van der Waals surface area (Å²) in [6.45, 7) is 7.12. The maximum atomic E-state index is 5.58. The summed E-state index contributed by atoms with van der Waals surface area (Å²) in [5.74, 6) is 1.87. The zero-order chi connectivity index (χ0) is 19.7. The van der Waals surface area contributed by atoms with Gasteiger partial charge in [0.05, 0.1) is 7.11 Å². The highest BCUT2D eigenvalue weighted by molar-refractivity contribution is 5.52. The Morgan fingerprint density at radius 1 is 1.21 bits per heavy atom. The van der Waals surface area contributed by atoms with E-state index in [2.05, 4.69) is 23.1 Å². The van der Waals surface area contributed by atoms with E-state index in [1.807, 2.05) is 0 Å². The van der Waals surface area contributed by atoms with Gasteiger partial charge in [0, 0.05) is 32.2 Å². The fourth-order valence-electron chi connectivity index (χ4n) is 5.44. The minimum Gasteiger partial charge on any atom is -0.497 e. The molecule has 2 aliphatic carbocycles. The Kier molecular flexibility index (Phi) is 5.82. The molecule has 154 valence electrons. The van der Waals surface area contributed by atoms with Crippen LogP contribution >= 0.6 is 0 Å². The van der Waals surface area contributed by atoms with Gasteiger partial charge in [0.2, 0.25) is 0 Å². The molecule has 1 aromatic carbocycles. The Morgan fingerprint density at radius 2 is 2.00 bits per heavy atom. The molecule has 3 aliphatic rings. The van der Waals surface area contributed by atoms with Crippen molar-refractivity contribution in [2.75, 3.05) is 34.4 Å². The topological polar surface area (TPSA) is 30.9 Å². The predicted molar refractivity (Wildman–Crippen MR) is 112 cm³/mol. The minimum absolute atomic E-state index is 0.0544. The van der Waals surface area contributed by atoms with E-state index in [0.29, 0.717) is 6.04 Å². The summed E-state index contributed by atoms with van der Waals surface area (Å²) < 4.78 is 16.4. The van der Waals surface area contributed by atoms with Gasteiger partial charge in [0.15, 0.2) is 6.29 Å². The molecule has 0 unspecified atom stereocenters. The van der Waals surface area contributed by atoms with Crippen molar-refractivity contribution in [3.8, 4) is 5.75 Å². The summed E-state index contributed by atoms with van der Waals surface area (Å²) in [5.41, 5.74) is 4.41. The third-order valence-corrected chi connectivity index (χ3v) is 7.29. The van der Waals surface area contributed by atoms with E-state index in [9.17, 15) is 0 Å². The molecule has 4 rings (SSSR count). The van der Waals surface area contributed by atoms with Gasteiger partial charge in [-0.05, 0) is 86.2 Å². The fourth-order valence-corrected chi connectivity index (χ4v) is 5.44. The second-order valence-electron chi connectivity index (χ2n) is 8.83. The highest BCUT2D eigenvalue weighted by Gasteiger charge is 2.49. The smallest absolute Gasteiger partial charge is 0.156 e. The largest absolute Gasteiger partial charge is 0.497 e. The third-order valence-electron chi connectivity index (χ3n) is 7.29. The van der Waals surface area contributed by atoms with Crippen LogP contribution in [0.1, 0.15) is 49.7 Å². The lowest BCUT2D eigenvalue weighted by atomic mass is 9.59. The number of rotatable bonds is 9. The van der Waals surface area contributed by atoms with Crippen LogP contribution in [0.3, 0.4) is 0 Å². The molecule has 0 amide bonds. The zero-order valence-corrected chi connectivity index (χ0v) is 17.7. The molecule has 0 aromatic heterocycles. The average Bonchev–Trinajstić information content (AvgIpc) is 3.53. The van der Waals surface area contributed by atoms with E-state index < -0.39 is 0 Å². The monoisotopic (exact) mass is 385 g/mol. The Morgan fingerprint density at radius 3 is 2.68 bits per heavy atom. The van der Waals surface area contributed by atoms with Crippen LogP contribution < -0.4 is 4.74 Å². The quantitative estimate of drug-likeness (QED) is 0.468. The van der Waals surface area contributed by atoms with E-state index >= 15 is 0 Å². The molecule has 1 aromatic rings. The van der Waals surface area contributed by atoms with Gasteiger partial charge in [-0.25, -0.2) is 0 Å². The van der Waals surface area contributed by atoms with Gasteiger partial charge >= 0.3 is 0 Å². The molecule has 4 nitrogen and oxygen atoms in total. The molecule has 2 bridgehead atoms. The van der Waals surface area contributed by atoms with Gasteiger partial charge in [-0.2, -0.15) is 0 Å². The summed E-state index contributed by atoms with van der Waals surface area (Å²) in [5, 5.41) is 0. The Hall–Kier alpha value is -1.36. The molecule has 0 spiro atoms. The fraction of sp³-hybridized carbons (Fsp3) is 0.667. The maximum absolute atomic E-state index is 5.58. The first-order valence-corrected chi connectivity index (χ1v) is 10.8. The second kappa shape index (κ2) is 8.17. The Balaban J connectivity index is 1.62. The summed E-state index contributed by atoms with van der Waals surface area (Å²) >= 11 is 0. The highest BCUT2D eigenvalue weighted by atomic mass is 16.7. The molecule has 1 aliphatic heterocycles. The molecule has 2 atom stereocenters. The molecule has 4 heteroatoms. The Bertz CT molecular complexity index is 710. The predicted octanol–water partition coefficient (Wildman–Crippen LogP) is 4.32. The van der Waals surface area contributed by atoms with E-state index in [4.69, 9.17) is 20.8 Å². The standard InChI is InChI=1S/C24H35NO3/c1-17-22-14-19-9-10-20(26-2)15-21(19)24(17,11-5-6-23(27-3)28-4)12-13-25(22)16-18-7-8-18/h9-10,15,18,22-23H,1,5-8,11-14,16H2,2-4H3/t22-,24-/m1/s1. The van der Waals surface area contributed by atoms with Crippen molar-refractivity contribution in [3.05, 3.63) is 41.5 Å². The van der Waals surface area contributed by atoms with Crippen LogP contribution in [-0.2, 0) is 21.3 Å². The number of likely N-dealkylation sites (tertiary alicyclic amines) is 1. The van der Waals surface area contributed by atoms with Crippen molar-refractivity contribution in [2.24, 2.45) is 5.92 Å². The first kappa shape index (κ1) is 19.9. The van der Waals surface area contributed by atoms with Gasteiger partial charge in [0.25, 0.3) is 0 Å². The van der Waals surface area contributed by atoms with Gasteiger partial charge in [-0.1, -0.05) is 12.6 Å². The van der Waals surface area contributed by atoms with Gasteiger partial charge < -0.3 is 14.2 Å². The second-order valence-corrected chi connectivity index (χ2v) is 8.83. The summed E-state index contributed by atoms with van der Waals surface area (Å²) in [6, 6.07) is 7.16. The molecule has 1 saturated carbocycles. The van der Waals surface area contributed by atoms with Gasteiger partial charge in [-0.15, -0.1) is 0 Å². The molecule has 0 N–H and O–H groups in total. The van der Waals surface area contributed by atoms with E-state index in [1.54, 1.807) is 21.3 Å². The number of ether oxygens (including phenoxy) is 3. The van der Waals surface area contributed by atoms with Crippen LogP contribution in [0.4, 0.5) is 0 Å². The average molecular weight is 386 g/mol. The van der Waals surface area contributed by atoms with Crippen molar-refractivity contribution in [3.63, 3.8) is 0 Å². The number of fused-ring (bicyclic) bond motifs is 4. The lowest BCUT2D eigenvalue weighted by Crippen LogP contribution is -2.55. The van der Waals surface area contributed by atoms with Crippen molar-refractivity contribution in [2.45, 2.75) is 62.7 Å². The van der Waals surface area contributed by atoms with Crippen molar-refractivity contribution >= 4 is 0 Å². The molecular formula is C24H35NO3. The van der Waals surface area contributed by atoms with Crippen molar-refractivity contribution in [1.82, 2.24) is 4.90 Å². The van der Waals surface area contributed by atoms with Crippen LogP contribution in [0.25, 0.3) is 0 Å². The normalized spacial score (nSPS) is 27.1. The van der Waals surface area contributed by atoms with Gasteiger partial charge in [-0.3, -0.25) is 4.90 Å². The highest BCUT2D eigenvalue weighted by Crippen LogP contribution is 2.52. The van der Waals surface area contributed by atoms with Crippen LogP contribution in [0, 0.1) is 5.92 Å². The lowest BCUT2D eigenvalue weighted by Gasteiger charge is -2.53. The number of nitrogens with zero attached hydrogens (tertiary/aromatic N) is 1. The van der Waals surface area contributed by atoms with Gasteiger partial charge in [0.1, 0.15) is 5.75 Å².